The summed E-state index contributed by atoms with van der Waals surface area (Å²) in [6, 6.07) is 7.37. The van der Waals surface area contributed by atoms with Crippen molar-refractivity contribution >= 4 is 0 Å². The van der Waals surface area contributed by atoms with E-state index in [9.17, 15) is 4.79 Å². The van der Waals surface area contributed by atoms with Crippen LogP contribution in [0.5, 0.6) is 11.6 Å². The van der Waals surface area contributed by atoms with Gasteiger partial charge in [0.2, 0.25) is 0 Å². The molecule has 0 aliphatic carbocycles. The lowest BCUT2D eigenvalue weighted by atomic mass is 10.2. The number of hydrogen-bond donors (Lipinski definition) is 1. The van der Waals surface area contributed by atoms with Crippen molar-refractivity contribution < 1.29 is 4.74 Å². The Balaban J connectivity index is 2.33. The van der Waals surface area contributed by atoms with Crippen LogP contribution >= 0.6 is 0 Å². The van der Waals surface area contributed by atoms with E-state index >= 15 is 0 Å². The van der Waals surface area contributed by atoms with Crippen LogP contribution in [0.1, 0.15) is 25.5 Å². The van der Waals surface area contributed by atoms with Crippen LogP contribution in [0.4, 0.5) is 0 Å². The molecule has 0 fully saturated rings. The molecule has 1 heterocycles. The van der Waals surface area contributed by atoms with E-state index in [2.05, 4.69) is 4.98 Å². The van der Waals surface area contributed by atoms with Gasteiger partial charge in [-0.25, -0.2) is 4.98 Å². The Labute approximate surface area is 111 Å². The van der Waals surface area contributed by atoms with E-state index in [1.807, 2.05) is 26.0 Å². The van der Waals surface area contributed by atoms with Crippen molar-refractivity contribution in [1.29, 1.82) is 0 Å². The zero-order valence-corrected chi connectivity index (χ0v) is 11.0. The van der Waals surface area contributed by atoms with Crippen LogP contribution in [0.15, 0.2) is 41.5 Å². The van der Waals surface area contributed by atoms with Gasteiger partial charge in [0.15, 0.2) is 0 Å². The van der Waals surface area contributed by atoms with E-state index in [4.69, 9.17) is 10.5 Å². The number of rotatable bonds is 4. The molecule has 0 atom stereocenters. The van der Waals surface area contributed by atoms with Crippen molar-refractivity contribution in [3.63, 3.8) is 0 Å². The molecule has 0 saturated heterocycles. The van der Waals surface area contributed by atoms with Gasteiger partial charge in [-0.1, -0.05) is 12.1 Å². The van der Waals surface area contributed by atoms with Crippen LogP contribution in [-0.4, -0.2) is 9.55 Å². The molecule has 2 N–H and O–H groups in total. The SMILES string of the molecule is CC(C)n1ccnc(Oc2cccc(CN)c2)c1=O. The summed E-state index contributed by atoms with van der Waals surface area (Å²) in [7, 11) is 0. The van der Waals surface area contributed by atoms with Crippen LogP contribution in [0.3, 0.4) is 0 Å². The van der Waals surface area contributed by atoms with Crippen LogP contribution in [0.25, 0.3) is 0 Å². The van der Waals surface area contributed by atoms with Gasteiger partial charge in [-0.2, -0.15) is 0 Å². The van der Waals surface area contributed by atoms with Crippen LogP contribution < -0.4 is 16.0 Å². The molecule has 0 aliphatic rings. The molecule has 2 rings (SSSR count). The molecule has 100 valence electrons. The van der Waals surface area contributed by atoms with E-state index < -0.39 is 0 Å². The lowest BCUT2D eigenvalue weighted by Gasteiger charge is -2.11. The molecule has 5 nitrogen and oxygen atoms in total. The molecule has 19 heavy (non-hydrogen) atoms. The predicted octanol–water partition coefficient (Wildman–Crippen LogP) is 2.08. The van der Waals surface area contributed by atoms with E-state index in [0.29, 0.717) is 12.3 Å². The lowest BCUT2D eigenvalue weighted by molar-refractivity contribution is 0.436. The second kappa shape index (κ2) is 5.67. The second-order valence-electron chi connectivity index (χ2n) is 4.49. The van der Waals surface area contributed by atoms with E-state index in [-0.39, 0.29) is 17.5 Å². The number of hydrogen-bond acceptors (Lipinski definition) is 4. The minimum atomic E-state index is -0.240. The number of aromatic nitrogens is 2. The first-order valence-corrected chi connectivity index (χ1v) is 6.16. The fourth-order valence-electron chi connectivity index (χ4n) is 1.73. The summed E-state index contributed by atoms with van der Waals surface area (Å²) in [5.74, 6) is 0.638. The summed E-state index contributed by atoms with van der Waals surface area (Å²) in [4.78, 5) is 16.1. The molecule has 0 saturated carbocycles. The predicted molar refractivity (Wildman–Crippen MR) is 73.3 cm³/mol. The minimum Gasteiger partial charge on any atom is -0.435 e. The van der Waals surface area contributed by atoms with Gasteiger partial charge in [0.1, 0.15) is 5.75 Å². The number of benzene rings is 1. The molecular weight excluding hydrogens is 242 g/mol. The normalized spacial score (nSPS) is 10.7. The molecule has 0 amide bonds. The van der Waals surface area contributed by atoms with Gasteiger partial charge >= 0.3 is 5.56 Å². The van der Waals surface area contributed by atoms with Gasteiger partial charge in [-0.15, -0.1) is 0 Å². The zero-order chi connectivity index (χ0) is 13.8. The van der Waals surface area contributed by atoms with Gasteiger partial charge in [0.05, 0.1) is 0 Å². The van der Waals surface area contributed by atoms with Gasteiger partial charge < -0.3 is 15.0 Å². The van der Waals surface area contributed by atoms with E-state index in [1.54, 1.807) is 29.1 Å². The first kappa shape index (κ1) is 13.3. The number of nitrogens with zero attached hydrogens (tertiary/aromatic N) is 2. The monoisotopic (exact) mass is 259 g/mol. The molecule has 0 radical (unpaired) electrons. The maximum Gasteiger partial charge on any atom is 0.313 e. The summed E-state index contributed by atoms with van der Waals surface area (Å²) >= 11 is 0. The summed E-state index contributed by atoms with van der Waals surface area (Å²) in [5.41, 5.74) is 6.27. The Hall–Kier alpha value is -2.14. The summed E-state index contributed by atoms with van der Waals surface area (Å²) < 4.78 is 7.12. The highest BCUT2D eigenvalue weighted by Crippen LogP contribution is 2.18. The smallest absolute Gasteiger partial charge is 0.313 e. The second-order valence-corrected chi connectivity index (χ2v) is 4.49. The maximum absolute atomic E-state index is 12.1. The van der Waals surface area contributed by atoms with Crippen molar-refractivity contribution in [2.45, 2.75) is 26.4 Å². The fourth-order valence-corrected chi connectivity index (χ4v) is 1.73. The number of ether oxygens (including phenoxy) is 1. The first-order chi connectivity index (χ1) is 9.11. The Morgan fingerprint density at radius 2 is 2.21 bits per heavy atom. The molecule has 2 aromatic rings. The number of nitrogens with two attached hydrogens (primary N) is 1. The third kappa shape index (κ3) is 3.00. The highest BCUT2D eigenvalue weighted by Gasteiger charge is 2.09. The molecule has 1 aromatic heterocycles. The Kier molecular flexibility index (Phi) is 3.97. The standard InChI is InChI=1S/C14H17N3O2/c1-10(2)17-7-6-16-13(14(17)18)19-12-5-3-4-11(8-12)9-15/h3-8,10H,9,15H2,1-2H3. The van der Waals surface area contributed by atoms with Crippen LogP contribution in [0.2, 0.25) is 0 Å². The van der Waals surface area contributed by atoms with Crippen LogP contribution in [-0.2, 0) is 6.54 Å². The van der Waals surface area contributed by atoms with E-state index in [0.717, 1.165) is 5.56 Å². The topological polar surface area (TPSA) is 70.1 Å². The Bertz CT molecular complexity index is 620. The quantitative estimate of drug-likeness (QED) is 0.912. The third-order valence-corrected chi connectivity index (χ3v) is 2.74. The Morgan fingerprint density at radius 1 is 1.42 bits per heavy atom. The minimum absolute atomic E-state index is 0.0632. The van der Waals surface area contributed by atoms with Gasteiger partial charge in [-0.3, -0.25) is 4.79 Å². The van der Waals surface area contributed by atoms with Crippen molar-refractivity contribution in [1.82, 2.24) is 9.55 Å². The average Bonchev–Trinajstić information content (AvgIpc) is 2.41. The van der Waals surface area contributed by atoms with Gasteiger partial charge in [0.25, 0.3) is 5.88 Å². The molecular formula is C14H17N3O2. The third-order valence-electron chi connectivity index (χ3n) is 2.74. The summed E-state index contributed by atoms with van der Waals surface area (Å²) in [6.07, 6.45) is 3.21. The van der Waals surface area contributed by atoms with Crippen molar-refractivity contribution in [3.8, 4) is 11.6 Å². The van der Waals surface area contributed by atoms with E-state index in [1.165, 1.54) is 0 Å². The van der Waals surface area contributed by atoms with Crippen molar-refractivity contribution in [2.24, 2.45) is 5.73 Å². The van der Waals surface area contributed by atoms with Crippen molar-refractivity contribution in [2.75, 3.05) is 0 Å². The maximum atomic E-state index is 12.1. The lowest BCUT2D eigenvalue weighted by Crippen LogP contribution is -2.23. The zero-order valence-electron chi connectivity index (χ0n) is 11.0. The summed E-state index contributed by atoms with van der Waals surface area (Å²) in [6.45, 7) is 4.29. The first-order valence-electron chi connectivity index (χ1n) is 6.16. The largest absolute Gasteiger partial charge is 0.435 e. The molecule has 0 unspecified atom stereocenters. The highest BCUT2D eigenvalue weighted by molar-refractivity contribution is 5.31. The van der Waals surface area contributed by atoms with Crippen LogP contribution in [0, 0.1) is 0 Å². The van der Waals surface area contributed by atoms with Gasteiger partial charge in [-0.05, 0) is 31.5 Å². The molecule has 5 heteroatoms. The molecule has 0 aliphatic heterocycles. The molecule has 0 bridgehead atoms. The molecule has 0 spiro atoms. The van der Waals surface area contributed by atoms with Crippen molar-refractivity contribution in [3.05, 3.63) is 52.6 Å². The Morgan fingerprint density at radius 3 is 2.89 bits per heavy atom. The fraction of sp³-hybridized carbons (Fsp3) is 0.286. The van der Waals surface area contributed by atoms with Gasteiger partial charge in [0, 0.05) is 25.0 Å². The molecule has 1 aromatic carbocycles. The average molecular weight is 259 g/mol. The highest BCUT2D eigenvalue weighted by atomic mass is 16.5. The summed E-state index contributed by atoms with van der Waals surface area (Å²) in [5, 5.41) is 0.